The Morgan fingerprint density at radius 3 is 2.82 bits per heavy atom. The maximum atomic E-state index is 13.2. The first kappa shape index (κ1) is 19.0. The van der Waals surface area contributed by atoms with Gasteiger partial charge in [0.2, 0.25) is 0 Å². The zero-order chi connectivity index (χ0) is 19.5. The van der Waals surface area contributed by atoms with E-state index < -0.39 is 0 Å². The fourth-order valence-corrected chi connectivity index (χ4v) is 4.68. The standard InChI is InChI=1S/C20H16ClN3O2S2/c1-26-10-9-24(20-23-15-7-2-3-8-17(15)28-20)19(25)16-12-27-18(22-16)13-5-4-6-14(21)11-13/h2-8,11-12H,9-10H2,1H3. The Bertz CT molecular complexity index is 1090. The number of hydrogen-bond acceptors (Lipinski definition) is 6. The van der Waals surface area contributed by atoms with Crippen molar-refractivity contribution in [2.24, 2.45) is 0 Å². The molecule has 8 heteroatoms. The van der Waals surface area contributed by atoms with Gasteiger partial charge < -0.3 is 4.74 Å². The van der Waals surface area contributed by atoms with Crippen LogP contribution in [0.15, 0.2) is 53.9 Å². The lowest BCUT2D eigenvalue weighted by Crippen LogP contribution is -2.34. The molecule has 2 heterocycles. The number of amides is 1. The van der Waals surface area contributed by atoms with E-state index in [9.17, 15) is 4.79 Å². The average Bonchev–Trinajstić information content (AvgIpc) is 3.35. The predicted molar refractivity (Wildman–Crippen MR) is 116 cm³/mol. The summed E-state index contributed by atoms with van der Waals surface area (Å²) in [6, 6.07) is 15.3. The number of fused-ring (bicyclic) bond motifs is 1. The van der Waals surface area contributed by atoms with Gasteiger partial charge in [-0.25, -0.2) is 9.97 Å². The number of hydrogen-bond donors (Lipinski definition) is 0. The van der Waals surface area contributed by atoms with E-state index in [0.717, 1.165) is 20.8 Å². The van der Waals surface area contributed by atoms with Crippen molar-refractivity contribution in [3.63, 3.8) is 0 Å². The average molecular weight is 430 g/mol. The third-order valence-corrected chi connectivity index (χ3v) is 6.26. The highest BCUT2D eigenvalue weighted by atomic mass is 35.5. The van der Waals surface area contributed by atoms with Gasteiger partial charge in [0.25, 0.3) is 5.91 Å². The van der Waals surface area contributed by atoms with Crippen molar-refractivity contribution in [2.45, 2.75) is 0 Å². The molecule has 0 unspecified atom stereocenters. The minimum absolute atomic E-state index is 0.194. The molecule has 0 aliphatic heterocycles. The van der Waals surface area contributed by atoms with Gasteiger partial charge in [-0.2, -0.15) is 0 Å². The summed E-state index contributed by atoms with van der Waals surface area (Å²) in [6.07, 6.45) is 0. The number of rotatable bonds is 6. The second-order valence-corrected chi connectivity index (χ2v) is 8.27. The minimum atomic E-state index is -0.194. The summed E-state index contributed by atoms with van der Waals surface area (Å²) in [6.45, 7) is 0.812. The van der Waals surface area contributed by atoms with Crippen LogP contribution in [-0.2, 0) is 4.74 Å². The summed E-state index contributed by atoms with van der Waals surface area (Å²) in [5.74, 6) is -0.194. The summed E-state index contributed by atoms with van der Waals surface area (Å²) < 4.78 is 6.23. The molecule has 2 aromatic heterocycles. The molecule has 0 radical (unpaired) electrons. The van der Waals surface area contributed by atoms with Crippen LogP contribution in [0.2, 0.25) is 5.02 Å². The molecule has 4 aromatic rings. The number of carbonyl (C=O) groups excluding carboxylic acids is 1. The number of aromatic nitrogens is 2. The van der Waals surface area contributed by atoms with E-state index in [2.05, 4.69) is 9.97 Å². The molecule has 0 saturated carbocycles. The third-order valence-electron chi connectivity index (χ3n) is 4.07. The van der Waals surface area contributed by atoms with E-state index in [1.54, 1.807) is 17.4 Å². The van der Waals surface area contributed by atoms with Crippen LogP contribution in [-0.4, -0.2) is 36.1 Å². The Balaban J connectivity index is 1.66. The molecule has 0 fully saturated rings. The SMILES string of the molecule is COCCN(C(=O)c1csc(-c2cccc(Cl)c2)n1)c1nc2ccccc2s1. The summed E-state index contributed by atoms with van der Waals surface area (Å²) in [4.78, 5) is 24.0. The topological polar surface area (TPSA) is 55.3 Å². The van der Waals surface area contributed by atoms with Crippen LogP contribution < -0.4 is 4.90 Å². The van der Waals surface area contributed by atoms with E-state index in [0.29, 0.717) is 29.0 Å². The van der Waals surface area contributed by atoms with Crippen molar-refractivity contribution in [2.75, 3.05) is 25.2 Å². The molecule has 5 nitrogen and oxygen atoms in total. The molecule has 4 rings (SSSR count). The van der Waals surface area contributed by atoms with Crippen molar-refractivity contribution >= 4 is 55.5 Å². The summed E-state index contributed by atoms with van der Waals surface area (Å²) in [7, 11) is 1.61. The fourth-order valence-electron chi connectivity index (χ4n) is 2.71. The zero-order valence-electron chi connectivity index (χ0n) is 15.0. The summed E-state index contributed by atoms with van der Waals surface area (Å²) in [5, 5.41) is 3.80. The van der Waals surface area contributed by atoms with Crippen molar-refractivity contribution in [3.8, 4) is 10.6 Å². The van der Waals surface area contributed by atoms with Gasteiger partial charge in [0.1, 0.15) is 10.7 Å². The quantitative estimate of drug-likeness (QED) is 0.413. The van der Waals surface area contributed by atoms with Crippen LogP contribution in [0.4, 0.5) is 5.13 Å². The minimum Gasteiger partial charge on any atom is -0.383 e. The van der Waals surface area contributed by atoms with Crippen LogP contribution in [0.5, 0.6) is 0 Å². The van der Waals surface area contributed by atoms with Crippen LogP contribution in [0.25, 0.3) is 20.8 Å². The van der Waals surface area contributed by atoms with Gasteiger partial charge in [-0.15, -0.1) is 11.3 Å². The van der Waals surface area contributed by atoms with Crippen LogP contribution in [0, 0.1) is 0 Å². The highest BCUT2D eigenvalue weighted by Gasteiger charge is 2.23. The number of thiazole rings is 2. The molecule has 28 heavy (non-hydrogen) atoms. The smallest absolute Gasteiger partial charge is 0.279 e. The first-order valence-electron chi connectivity index (χ1n) is 8.53. The second-order valence-electron chi connectivity index (χ2n) is 5.96. The molecule has 0 N–H and O–H groups in total. The van der Waals surface area contributed by atoms with Crippen molar-refractivity contribution in [3.05, 3.63) is 64.6 Å². The van der Waals surface area contributed by atoms with Crippen molar-refractivity contribution in [1.82, 2.24) is 9.97 Å². The highest BCUT2D eigenvalue weighted by molar-refractivity contribution is 7.22. The maximum absolute atomic E-state index is 13.2. The molecular weight excluding hydrogens is 414 g/mol. The largest absolute Gasteiger partial charge is 0.383 e. The fraction of sp³-hybridized carbons (Fsp3) is 0.150. The molecule has 0 atom stereocenters. The number of benzene rings is 2. The first-order valence-corrected chi connectivity index (χ1v) is 10.6. The molecule has 1 amide bonds. The Morgan fingerprint density at radius 2 is 2.04 bits per heavy atom. The number of para-hydroxylation sites is 1. The van der Waals surface area contributed by atoms with Crippen LogP contribution in [0.3, 0.4) is 0 Å². The first-order chi connectivity index (χ1) is 13.7. The molecule has 0 aliphatic carbocycles. The van der Waals surface area contributed by atoms with Gasteiger partial charge in [-0.3, -0.25) is 9.69 Å². The van der Waals surface area contributed by atoms with Crippen molar-refractivity contribution in [1.29, 1.82) is 0 Å². The lowest BCUT2D eigenvalue weighted by atomic mass is 10.2. The molecule has 0 saturated heterocycles. The van der Waals surface area contributed by atoms with Gasteiger partial charge in [0, 0.05) is 23.1 Å². The van der Waals surface area contributed by atoms with Gasteiger partial charge in [-0.1, -0.05) is 47.2 Å². The Hall–Kier alpha value is -2.32. The normalized spacial score (nSPS) is 11.1. The number of carbonyl (C=O) groups is 1. The van der Waals surface area contributed by atoms with Gasteiger partial charge in [-0.05, 0) is 24.3 Å². The van der Waals surface area contributed by atoms with E-state index in [1.807, 2.05) is 48.5 Å². The predicted octanol–water partition coefficient (Wildman–Crippen LogP) is 5.37. The third kappa shape index (κ3) is 3.93. The molecular formula is C20H16ClN3O2S2. The van der Waals surface area contributed by atoms with Gasteiger partial charge in [0.15, 0.2) is 5.13 Å². The van der Waals surface area contributed by atoms with E-state index in [-0.39, 0.29) is 5.91 Å². The monoisotopic (exact) mass is 429 g/mol. The number of methoxy groups -OCH3 is 1. The van der Waals surface area contributed by atoms with E-state index in [1.165, 1.54) is 22.7 Å². The lowest BCUT2D eigenvalue weighted by molar-refractivity contribution is 0.0972. The molecule has 2 aromatic carbocycles. The van der Waals surface area contributed by atoms with Crippen LogP contribution >= 0.6 is 34.3 Å². The number of nitrogens with zero attached hydrogens (tertiary/aromatic N) is 3. The number of anilines is 1. The summed E-state index contributed by atoms with van der Waals surface area (Å²) >= 11 is 8.97. The highest BCUT2D eigenvalue weighted by Crippen LogP contribution is 2.31. The Labute approximate surface area is 175 Å². The van der Waals surface area contributed by atoms with E-state index in [4.69, 9.17) is 16.3 Å². The molecule has 142 valence electrons. The van der Waals surface area contributed by atoms with Crippen molar-refractivity contribution < 1.29 is 9.53 Å². The lowest BCUT2D eigenvalue weighted by Gasteiger charge is -2.18. The summed E-state index contributed by atoms with van der Waals surface area (Å²) in [5.41, 5.74) is 2.14. The molecule has 0 bridgehead atoms. The van der Waals surface area contributed by atoms with Crippen LogP contribution in [0.1, 0.15) is 10.5 Å². The Kier molecular flexibility index (Phi) is 5.68. The zero-order valence-corrected chi connectivity index (χ0v) is 17.4. The van der Waals surface area contributed by atoms with Gasteiger partial charge >= 0.3 is 0 Å². The number of ether oxygens (including phenoxy) is 1. The van der Waals surface area contributed by atoms with E-state index >= 15 is 0 Å². The second kappa shape index (κ2) is 8.36. The molecule has 0 aliphatic rings. The Morgan fingerprint density at radius 1 is 1.18 bits per heavy atom. The molecule has 0 spiro atoms. The number of halogens is 1. The van der Waals surface area contributed by atoms with Gasteiger partial charge in [0.05, 0.1) is 23.4 Å². The maximum Gasteiger partial charge on any atom is 0.279 e.